The minimum absolute atomic E-state index is 0.289. The van der Waals surface area contributed by atoms with Crippen LogP contribution in [0.4, 0.5) is 0 Å². The van der Waals surface area contributed by atoms with Crippen LogP contribution in [0.2, 0.25) is 0 Å². The summed E-state index contributed by atoms with van der Waals surface area (Å²) in [6.45, 7) is 3.43. The molecule has 3 nitrogen and oxygen atoms in total. The minimum Gasteiger partial charge on any atom is -0.396 e. The summed E-state index contributed by atoms with van der Waals surface area (Å²) in [5, 5.41) is 8.64. The Kier molecular flexibility index (Phi) is 4.54. The van der Waals surface area contributed by atoms with E-state index in [-0.39, 0.29) is 6.61 Å². The third-order valence-corrected chi connectivity index (χ3v) is 2.08. The standard InChI is InChI=1S/C10H18N2O/c1-2-5-10-11-6-8-12(10)7-3-4-9-13/h6,8,13H,2-5,7,9H2,1H3. The maximum Gasteiger partial charge on any atom is 0.108 e. The van der Waals surface area contributed by atoms with Crippen molar-refractivity contribution in [3.8, 4) is 0 Å². The van der Waals surface area contributed by atoms with Gasteiger partial charge in [-0.2, -0.15) is 0 Å². The van der Waals surface area contributed by atoms with Crippen molar-refractivity contribution in [2.75, 3.05) is 6.61 Å². The van der Waals surface area contributed by atoms with Crippen molar-refractivity contribution in [1.82, 2.24) is 9.55 Å². The summed E-state index contributed by atoms with van der Waals surface area (Å²) in [6.07, 6.45) is 7.96. The van der Waals surface area contributed by atoms with Crippen LogP contribution in [-0.4, -0.2) is 21.3 Å². The van der Waals surface area contributed by atoms with Crippen molar-refractivity contribution in [2.24, 2.45) is 0 Å². The number of aliphatic hydroxyl groups excluding tert-OH is 1. The van der Waals surface area contributed by atoms with E-state index >= 15 is 0 Å². The smallest absolute Gasteiger partial charge is 0.108 e. The Hall–Kier alpha value is -0.830. The van der Waals surface area contributed by atoms with Crippen molar-refractivity contribution in [1.29, 1.82) is 0 Å². The summed E-state index contributed by atoms with van der Waals surface area (Å²) in [5.41, 5.74) is 0. The Morgan fingerprint density at radius 1 is 1.46 bits per heavy atom. The highest BCUT2D eigenvalue weighted by Gasteiger charge is 1.99. The molecule has 1 aromatic heterocycles. The van der Waals surface area contributed by atoms with Gasteiger partial charge in [0.15, 0.2) is 0 Å². The third-order valence-electron chi connectivity index (χ3n) is 2.08. The number of hydrogen-bond donors (Lipinski definition) is 1. The highest BCUT2D eigenvalue weighted by molar-refractivity contribution is 4.92. The largest absolute Gasteiger partial charge is 0.396 e. The van der Waals surface area contributed by atoms with Crippen LogP contribution in [0.5, 0.6) is 0 Å². The molecule has 0 saturated heterocycles. The molecule has 0 amide bonds. The maximum absolute atomic E-state index is 8.64. The lowest BCUT2D eigenvalue weighted by Gasteiger charge is -2.05. The van der Waals surface area contributed by atoms with Gasteiger partial charge in [0.05, 0.1) is 0 Å². The molecule has 1 heterocycles. The molecule has 3 heteroatoms. The first-order valence-electron chi connectivity index (χ1n) is 4.99. The monoisotopic (exact) mass is 182 g/mol. The Morgan fingerprint density at radius 2 is 2.31 bits per heavy atom. The van der Waals surface area contributed by atoms with Gasteiger partial charge in [0.2, 0.25) is 0 Å². The first kappa shape index (κ1) is 10.3. The van der Waals surface area contributed by atoms with Crippen LogP contribution in [0.1, 0.15) is 32.0 Å². The fourth-order valence-electron chi connectivity index (χ4n) is 1.39. The molecule has 1 N–H and O–H groups in total. The van der Waals surface area contributed by atoms with Crippen LogP contribution < -0.4 is 0 Å². The molecule has 0 fully saturated rings. The van der Waals surface area contributed by atoms with Gasteiger partial charge in [0.25, 0.3) is 0 Å². The molecule has 0 radical (unpaired) electrons. The van der Waals surface area contributed by atoms with Crippen molar-refractivity contribution in [3.05, 3.63) is 18.2 Å². The van der Waals surface area contributed by atoms with E-state index in [0.29, 0.717) is 0 Å². The molecule has 0 atom stereocenters. The second-order valence-electron chi connectivity index (χ2n) is 3.22. The van der Waals surface area contributed by atoms with Crippen LogP contribution in [-0.2, 0) is 13.0 Å². The van der Waals surface area contributed by atoms with Crippen LogP contribution in [0, 0.1) is 0 Å². The SMILES string of the molecule is CCCc1nccn1CCCCO. The summed E-state index contributed by atoms with van der Waals surface area (Å²) >= 11 is 0. The summed E-state index contributed by atoms with van der Waals surface area (Å²) in [6, 6.07) is 0. The van der Waals surface area contributed by atoms with E-state index < -0.39 is 0 Å². The Balaban J connectivity index is 2.40. The molecule has 0 aromatic carbocycles. The van der Waals surface area contributed by atoms with E-state index in [4.69, 9.17) is 5.11 Å². The zero-order chi connectivity index (χ0) is 9.52. The van der Waals surface area contributed by atoms with E-state index in [9.17, 15) is 0 Å². The average Bonchev–Trinajstić information content (AvgIpc) is 2.54. The number of aromatic nitrogens is 2. The summed E-state index contributed by atoms with van der Waals surface area (Å²) in [7, 11) is 0. The summed E-state index contributed by atoms with van der Waals surface area (Å²) < 4.78 is 2.18. The van der Waals surface area contributed by atoms with Crippen LogP contribution in [0.3, 0.4) is 0 Å². The minimum atomic E-state index is 0.289. The first-order chi connectivity index (χ1) is 6.38. The van der Waals surface area contributed by atoms with E-state index in [2.05, 4.69) is 16.5 Å². The van der Waals surface area contributed by atoms with Gasteiger partial charge < -0.3 is 9.67 Å². The summed E-state index contributed by atoms with van der Waals surface area (Å²) in [5.74, 6) is 1.17. The highest BCUT2D eigenvalue weighted by Crippen LogP contribution is 2.03. The molecule has 0 bridgehead atoms. The number of aliphatic hydroxyl groups is 1. The fraction of sp³-hybridized carbons (Fsp3) is 0.700. The molecule has 1 rings (SSSR count). The molecule has 74 valence electrons. The second kappa shape index (κ2) is 5.75. The van der Waals surface area contributed by atoms with Gasteiger partial charge in [-0.05, 0) is 19.3 Å². The number of imidazole rings is 1. The predicted molar refractivity (Wildman–Crippen MR) is 52.5 cm³/mol. The van der Waals surface area contributed by atoms with Crippen molar-refractivity contribution in [3.63, 3.8) is 0 Å². The molecule has 0 spiro atoms. The molecule has 13 heavy (non-hydrogen) atoms. The fourth-order valence-corrected chi connectivity index (χ4v) is 1.39. The quantitative estimate of drug-likeness (QED) is 0.679. The molecule has 1 aromatic rings. The molecule has 0 aliphatic heterocycles. The lowest BCUT2D eigenvalue weighted by atomic mass is 10.3. The molecular weight excluding hydrogens is 164 g/mol. The van der Waals surface area contributed by atoms with E-state index in [1.165, 1.54) is 5.82 Å². The second-order valence-corrected chi connectivity index (χ2v) is 3.22. The molecule has 0 aliphatic rings. The van der Waals surface area contributed by atoms with Crippen LogP contribution in [0.25, 0.3) is 0 Å². The Bertz CT molecular complexity index is 233. The van der Waals surface area contributed by atoms with Crippen molar-refractivity contribution < 1.29 is 5.11 Å². The van der Waals surface area contributed by atoms with Gasteiger partial charge in [-0.25, -0.2) is 4.98 Å². The van der Waals surface area contributed by atoms with Gasteiger partial charge in [-0.1, -0.05) is 6.92 Å². The third kappa shape index (κ3) is 3.19. The van der Waals surface area contributed by atoms with Crippen molar-refractivity contribution in [2.45, 2.75) is 39.2 Å². The predicted octanol–water partition coefficient (Wildman–Crippen LogP) is 1.61. The van der Waals surface area contributed by atoms with Gasteiger partial charge in [-0.3, -0.25) is 0 Å². The van der Waals surface area contributed by atoms with Crippen LogP contribution in [0.15, 0.2) is 12.4 Å². The van der Waals surface area contributed by atoms with Gasteiger partial charge in [0, 0.05) is 32.0 Å². The lowest BCUT2D eigenvalue weighted by molar-refractivity contribution is 0.281. The van der Waals surface area contributed by atoms with Gasteiger partial charge in [0.1, 0.15) is 5.82 Å². The molecule has 0 aliphatic carbocycles. The number of hydrogen-bond acceptors (Lipinski definition) is 2. The Morgan fingerprint density at radius 3 is 3.00 bits per heavy atom. The molecular formula is C10H18N2O. The molecule has 0 saturated carbocycles. The molecule has 0 unspecified atom stereocenters. The Labute approximate surface area is 79.4 Å². The topological polar surface area (TPSA) is 38.0 Å². The normalized spacial score (nSPS) is 10.6. The van der Waals surface area contributed by atoms with Gasteiger partial charge in [-0.15, -0.1) is 0 Å². The summed E-state index contributed by atoms with van der Waals surface area (Å²) in [4.78, 5) is 4.29. The number of unbranched alkanes of at least 4 members (excludes halogenated alkanes) is 1. The number of aryl methyl sites for hydroxylation is 2. The zero-order valence-corrected chi connectivity index (χ0v) is 8.24. The zero-order valence-electron chi connectivity index (χ0n) is 8.24. The van der Waals surface area contributed by atoms with E-state index in [1.807, 2.05) is 12.4 Å². The highest BCUT2D eigenvalue weighted by atomic mass is 16.2. The van der Waals surface area contributed by atoms with Crippen LogP contribution >= 0.6 is 0 Å². The first-order valence-corrected chi connectivity index (χ1v) is 4.99. The maximum atomic E-state index is 8.64. The van der Waals surface area contributed by atoms with E-state index in [1.54, 1.807) is 0 Å². The number of rotatable bonds is 6. The average molecular weight is 182 g/mol. The lowest BCUT2D eigenvalue weighted by Crippen LogP contribution is -2.03. The van der Waals surface area contributed by atoms with Gasteiger partial charge >= 0.3 is 0 Å². The van der Waals surface area contributed by atoms with E-state index in [0.717, 1.165) is 32.2 Å². The number of nitrogens with zero attached hydrogens (tertiary/aromatic N) is 2. The van der Waals surface area contributed by atoms with Crippen molar-refractivity contribution >= 4 is 0 Å².